The zero-order valence-electron chi connectivity index (χ0n) is 14.0. The molecule has 2 heteroatoms. The minimum atomic E-state index is -0.784. The van der Waals surface area contributed by atoms with E-state index in [1.165, 1.54) is 12.8 Å². The Kier molecular flexibility index (Phi) is 6.49. The Morgan fingerprint density at radius 2 is 1.73 bits per heavy atom. The molecule has 2 rings (SSSR count). The normalized spacial score (nSPS) is 18.0. The van der Waals surface area contributed by atoms with Crippen LogP contribution < -0.4 is 0 Å². The Hall–Kier alpha value is -1.30. The summed E-state index contributed by atoms with van der Waals surface area (Å²) >= 11 is 0. The van der Waals surface area contributed by atoms with Crippen molar-refractivity contribution in [3.63, 3.8) is 0 Å². The molecule has 0 aliphatic heterocycles. The minimum Gasteiger partial charge on any atom is -0.384 e. The molecule has 0 unspecified atom stereocenters. The zero-order chi connectivity index (χ0) is 15.8. The van der Waals surface area contributed by atoms with Crippen LogP contribution in [0.2, 0.25) is 0 Å². The fraction of sp³-hybridized carbons (Fsp3) is 0.600. The number of hydrogen-bond acceptors (Lipinski definition) is 2. The van der Waals surface area contributed by atoms with Crippen molar-refractivity contribution in [3.05, 3.63) is 35.9 Å². The van der Waals surface area contributed by atoms with Crippen LogP contribution in [0.5, 0.6) is 0 Å². The van der Waals surface area contributed by atoms with Crippen LogP contribution in [-0.4, -0.2) is 29.6 Å². The maximum Gasteiger partial charge on any atom is 0.103 e. The molecule has 1 atom stereocenters. The number of hydrogen-bond donors (Lipinski definition) is 1. The Bertz CT molecular complexity index is 491. The lowest BCUT2D eigenvalue weighted by molar-refractivity contribution is -0.0173. The third-order valence-electron chi connectivity index (χ3n) is 4.98. The summed E-state index contributed by atoms with van der Waals surface area (Å²) in [7, 11) is 0. The van der Waals surface area contributed by atoms with Gasteiger partial charge in [0.1, 0.15) is 5.60 Å². The number of aliphatic hydroxyl groups is 1. The standard InChI is InChI=1S/C20H29NO/c1-3-21(4-2)17-11-10-16-20(22,19-14-8-9-15-19)18-12-6-5-7-13-18/h5-7,12-13,19,22H,3-4,8-9,14-17H2,1-2H3/t20-/m0/s1. The van der Waals surface area contributed by atoms with Crippen molar-refractivity contribution in [2.45, 2.75) is 51.6 Å². The summed E-state index contributed by atoms with van der Waals surface area (Å²) in [6.07, 6.45) is 5.23. The summed E-state index contributed by atoms with van der Waals surface area (Å²) in [4.78, 5) is 2.30. The van der Waals surface area contributed by atoms with E-state index in [0.29, 0.717) is 12.3 Å². The van der Waals surface area contributed by atoms with E-state index in [9.17, 15) is 5.11 Å². The average molecular weight is 299 g/mol. The van der Waals surface area contributed by atoms with Crippen LogP contribution in [0.3, 0.4) is 0 Å². The number of nitrogens with zero attached hydrogens (tertiary/aromatic N) is 1. The van der Waals surface area contributed by atoms with E-state index in [0.717, 1.165) is 38.0 Å². The molecular weight excluding hydrogens is 270 g/mol. The number of rotatable bonds is 6. The van der Waals surface area contributed by atoms with Crippen LogP contribution in [0.25, 0.3) is 0 Å². The second kappa shape index (κ2) is 8.36. The van der Waals surface area contributed by atoms with Gasteiger partial charge in [0.15, 0.2) is 0 Å². The molecule has 1 aliphatic rings. The first-order chi connectivity index (χ1) is 10.7. The summed E-state index contributed by atoms with van der Waals surface area (Å²) < 4.78 is 0. The van der Waals surface area contributed by atoms with E-state index in [-0.39, 0.29) is 0 Å². The van der Waals surface area contributed by atoms with Crippen LogP contribution in [0.15, 0.2) is 30.3 Å². The highest BCUT2D eigenvalue weighted by molar-refractivity contribution is 5.26. The molecule has 1 aromatic rings. The van der Waals surface area contributed by atoms with Gasteiger partial charge in [-0.15, -0.1) is 0 Å². The van der Waals surface area contributed by atoms with Crippen LogP contribution in [-0.2, 0) is 5.60 Å². The molecule has 120 valence electrons. The molecule has 1 aromatic carbocycles. The smallest absolute Gasteiger partial charge is 0.103 e. The van der Waals surface area contributed by atoms with Gasteiger partial charge in [-0.25, -0.2) is 0 Å². The van der Waals surface area contributed by atoms with E-state index in [1.54, 1.807) is 0 Å². The molecule has 1 N–H and O–H groups in total. The van der Waals surface area contributed by atoms with Crippen molar-refractivity contribution in [2.24, 2.45) is 5.92 Å². The third kappa shape index (κ3) is 4.12. The van der Waals surface area contributed by atoms with Crippen molar-refractivity contribution in [1.82, 2.24) is 4.90 Å². The number of benzene rings is 1. The Labute approximate surface area is 135 Å². The fourth-order valence-electron chi connectivity index (χ4n) is 3.42. The average Bonchev–Trinajstić information content (AvgIpc) is 3.11. The van der Waals surface area contributed by atoms with Gasteiger partial charge in [-0.05, 0) is 37.4 Å². The monoisotopic (exact) mass is 299 g/mol. The molecule has 0 radical (unpaired) electrons. The second-order valence-electron chi connectivity index (χ2n) is 6.26. The van der Waals surface area contributed by atoms with Gasteiger partial charge in [-0.2, -0.15) is 0 Å². The third-order valence-corrected chi connectivity index (χ3v) is 4.98. The van der Waals surface area contributed by atoms with E-state index in [1.807, 2.05) is 30.3 Å². The molecule has 0 heterocycles. The molecule has 0 aromatic heterocycles. The molecular formula is C20H29NO. The Balaban J connectivity index is 2.11. The highest BCUT2D eigenvalue weighted by Gasteiger charge is 2.39. The van der Waals surface area contributed by atoms with Gasteiger partial charge in [0.25, 0.3) is 0 Å². The predicted molar refractivity (Wildman–Crippen MR) is 92.5 cm³/mol. The van der Waals surface area contributed by atoms with Crippen LogP contribution in [0.4, 0.5) is 0 Å². The SMILES string of the molecule is CCN(CC)CC#CC[C@](O)(c1ccccc1)C1CCCC1. The van der Waals surface area contributed by atoms with E-state index < -0.39 is 5.60 Å². The molecule has 0 saturated heterocycles. The summed E-state index contributed by atoms with van der Waals surface area (Å²) in [6.45, 7) is 7.16. The van der Waals surface area contributed by atoms with E-state index in [4.69, 9.17) is 0 Å². The zero-order valence-corrected chi connectivity index (χ0v) is 14.0. The summed E-state index contributed by atoms with van der Waals surface area (Å²) in [5, 5.41) is 11.3. The van der Waals surface area contributed by atoms with Crippen molar-refractivity contribution in [3.8, 4) is 11.8 Å². The van der Waals surface area contributed by atoms with Crippen molar-refractivity contribution in [1.29, 1.82) is 0 Å². The van der Waals surface area contributed by atoms with Gasteiger partial charge in [0.05, 0.1) is 6.54 Å². The lowest BCUT2D eigenvalue weighted by Crippen LogP contribution is -2.33. The lowest BCUT2D eigenvalue weighted by atomic mass is 9.78. The van der Waals surface area contributed by atoms with Crippen molar-refractivity contribution >= 4 is 0 Å². The lowest BCUT2D eigenvalue weighted by Gasteiger charge is -2.33. The highest BCUT2D eigenvalue weighted by atomic mass is 16.3. The predicted octanol–water partition coefficient (Wildman–Crippen LogP) is 3.80. The van der Waals surface area contributed by atoms with E-state index in [2.05, 4.69) is 30.6 Å². The molecule has 1 aliphatic carbocycles. The highest BCUT2D eigenvalue weighted by Crippen LogP contribution is 2.42. The Morgan fingerprint density at radius 1 is 1.09 bits per heavy atom. The topological polar surface area (TPSA) is 23.5 Å². The first kappa shape index (κ1) is 17.1. The van der Waals surface area contributed by atoms with Crippen LogP contribution in [0, 0.1) is 17.8 Å². The van der Waals surface area contributed by atoms with Crippen molar-refractivity contribution < 1.29 is 5.11 Å². The minimum absolute atomic E-state index is 0.345. The molecule has 0 bridgehead atoms. The van der Waals surface area contributed by atoms with Crippen LogP contribution in [0.1, 0.15) is 51.5 Å². The molecule has 0 spiro atoms. The summed E-state index contributed by atoms with van der Waals surface area (Å²) in [5.41, 5.74) is 0.243. The summed E-state index contributed by atoms with van der Waals surface area (Å²) in [5.74, 6) is 6.86. The first-order valence-corrected chi connectivity index (χ1v) is 8.66. The second-order valence-corrected chi connectivity index (χ2v) is 6.26. The Morgan fingerprint density at radius 3 is 2.32 bits per heavy atom. The van der Waals surface area contributed by atoms with Gasteiger partial charge in [0.2, 0.25) is 0 Å². The quantitative estimate of drug-likeness (QED) is 0.808. The van der Waals surface area contributed by atoms with Gasteiger partial charge in [0, 0.05) is 6.42 Å². The summed E-state index contributed by atoms with van der Waals surface area (Å²) in [6, 6.07) is 10.1. The first-order valence-electron chi connectivity index (χ1n) is 8.66. The van der Waals surface area contributed by atoms with Gasteiger partial charge < -0.3 is 5.11 Å². The largest absolute Gasteiger partial charge is 0.384 e. The molecule has 1 fully saturated rings. The van der Waals surface area contributed by atoms with Gasteiger partial charge in [-0.3, -0.25) is 4.90 Å². The van der Waals surface area contributed by atoms with E-state index >= 15 is 0 Å². The molecule has 2 nitrogen and oxygen atoms in total. The van der Waals surface area contributed by atoms with Crippen molar-refractivity contribution in [2.75, 3.05) is 19.6 Å². The fourth-order valence-corrected chi connectivity index (χ4v) is 3.42. The molecule has 22 heavy (non-hydrogen) atoms. The van der Waals surface area contributed by atoms with Gasteiger partial charge >= 0.3 is 0 Å². The maximum absolute atomic E-state index is 11.3. The maximum atomic E-state index is 11.3. The van der Waals surface area contributed by atoms with Crippen LogP contribution >= 0.6 is 0 Å². The molecule has 1 saturated carbocycles. The molecule has 0 amide bonds. The van der Waals surface area contributed by atoms with Gasteiger partial charge in [-0.1, -0.05) is 68.9 Å².